The molecule has 0 fully saturated rings. The Balaban J connectivity index is 1.84. The normalized spacial score (nSPS) is 11.7. The summed E-state index contributed by atoms with van der Waals surface area (Å²) in [4.78, 5) is 20.9. The molecule has 0 N–H and O–H groups in total. The van der Waals surface area contributed by atoms with Crippen molar-refractivity contribution in [3.05, 3.63) is 52.5 Å². The predicted octanol–water partition coefficient (Wildman–Crippen LogP) is 3.88. The number of aromatic nitrogens is 4. The van der Waals surface area contributed by atoms with Gasteiger partial charge < -0.3 is 0 Å². The first-order chi connectivity index (χ1) is 11.8. The first-order valence-electron chi connectivity index (χ1n) is 7.18. The van der Waals surface area contributed by atoms with Crippen LogP contribution in [0.25, 0.3) is 10.6 Å². The third-order valence-corrected chi connectivity index (χ3v) is 4.57. The van der Waals surface area contributed by atoms with Crippen molar-refractivity contribution in [2.24, 2.45) is 7.05 Å². The quantitative estimate of drug-likeness (QED) is 0.656. The molecule has 6 nitrogen and oxygen atoms in total. The van der Waals surface area contributed by atoms with Gasteiger partial charge in [-0.05, 0) is 45.7 Å². The number of nitrogens with zero attached hydrogens (tertiary/aromatic N) is 5. The molecule has 0 saturated carbocycles. The molecule has 3 aromatic heterocycles. The Morgan fingerprint density at radius 2 is 2.08 bits per heavy atom. The van der Waals surface area contributed by atoms with Gasteiger partial charge in [0.25, 0.3) is 0 Å². The number of halogens is 3. The number of hydrogen-bond donors (Lipinski definition) is 0. The van der Waals surface area contributed by atoms with E-state index in [1.807, 2.05) is 13.0 Å². The molecule has 130 valence electrons. The molecule has 0 bridgehead atoms. The molecule has 0 unspecified atom stereocenters. The fraction of sp³-hybridized carbons (Fsp3) is 0.267. The molecule has 0 atom stereocenters. The van der Waals surface area contributed by atoms with Crippen molar-refractivity contribution in [3.8, 4) is 10.6 Å². The lowest BCUT2D eigenvalue weighted by Crippen LogP contribution is -2.06. The van der Waals surface area contributed by atoms with E-state index in [1.165, 1.54) is 13.2 Å². The Morgan fingerprint density at radius 1 is 1.32 bits per heavy atom. The molecule has 0 aromatic carbocycles. The van der Waals surface area contributed by atoms with E-state index in [2.05, 4.69) is 15.1 Å². The van der Waals surface area contributed by atoms with Crippen LogP contribution in [0.2, 0.25) is 0 Å². The second kappa shape index (κ2) is 6.36. The van der Waals surface area contributed by atoms with Crippen LogP contribution < -0.4 is 0 Å². The molecule has 0 aliphatic rings. The highest BCUT2D eigenvalue weighted by Crippen LogP contribution is 2.35. The van der Waals surface area contributed by atoms with Crippen LogP contribution in [0.15, 0.2) is 30.6 Å². The Kier molecular flexibility index (Phi) is 4.38. The smallest absolute Gasteiger partial charge is 0.266 e. The highest BCUT2D eigenvalue weighted by Gasteiger charge is 2.35. The first kappa shape index (κ1) is 17.2. The van der Waals surface area contributed by atoms with Crippen molar-refractivity contribution in [2.75, 3.05) is 0 Å². The van der Waals surface area contributed by atoms with E-state index in [4.69, 9.17) is 0 Å². The van der Waals surface area contributed by atoms with Gasteiger partial charge in [0.05, 0.1) is 11.4 Å². The van der Waals surface area contributed by atoms with Crippen LogP contribution in [0.5, 0.6) is 0 Å². The van der Waals surface area contributed by atoms with Gasteiger partial charge in [-0.2, -0.15) is 18.3 Å². The summed E-state index contributed by atoms with van der Waals surface area (Å²) < 4.78 is 40.1. The molecule has 0 saturated heterocycles. The number of nitroso groups, excluding NO2 is 1. The summed E-state index contributed by atoms with van der Waals surface area (Å²) >= 11 is 1.00. The summed E-state index contributed by atoms with van der Waals surface area (Å²) in [6, 6.07) is 4.56. The van der Waals surface area contributed by atoms with E-state index in [0.717, 1.165) is 27.6 Å². The van der Waals surface area contributed by atoms with Gasteiger partial charge in [0.2, 0.25) is 0 Å². The van der Waals surface area contributed by atoms with Gasteiger partial charge in [-0.1, -0.05) is 11.0 Å². The molecular formula is C15H13F3N5OS+. The summed E-state index contributed by atoms with van der Waals surface area (Å²) in [5, 5.41) is 3.61. The fourth-order valence-electron chi connectivity index (χ4n) is 2.22. The SMILES string of the molecule is Cc1cccnc1C[N+](=O)c1ncc(-c2cc(C(F)(F)F)nn2C)s1. The van der Waals surface area contributed by atoms with Crippen molar-refractivity contribution >= 4 is 16.5 Å². The van der Waals surface area contributed by atoms with Crippen LogP contribution in [0.4, 0.5) is 18.3 Å². The summed E-state index contributed by atoms with van der Waals surface area (Å²) in [5.74, 6) is 0. The third kappa shape index (κ3) is 3.58. The second-order valence-electron chi connectivity index (χ2n) is 5.35. The Morgan fingerprint density at radius 3 is 2.72 bits per heavy atom. The molecule has 0 radical (unpaired) electrons. The molecular weight excluding hydrogens is 355 g/mol. The van der Waals surface area contributed by atoms with Crippen LogP contribution in [0, 0.1) is 11.8 Å². The van der Waals surface area contributed by atoms with Gasteiger partial charge in [-0.25, -0.2) is 0 Å². The average molecular weight is 368 g/mol. The highest BCUT2D eigenvalue weighted by molar-refractivity contribution is 7.18. The lowest BCUT2D eigenvalue weighted by molar-refractivity contribution is -0.480. The molecule has 0 amide bonds. The van der Waals surface area contributed by atoms with Crippen molar-refractivity contribution in [1.29, 1.82) is 0 Å². The number of pyridine rings is 1. The second-order valence-corrected chi connectivity index (χ2v) is 6.36. The number of thiazole rings is 1. The fourth-order valence-corrected chi connectivity index (χ4v) is 3.09. The number of rotatable bonds is 4. The summed E-state index contributed by atoms with van der Waals surface area (Å²) in [5.41, 5.74) is 0.761. The topological polar surface area (TPSA) is 63.7 Å². The van der Waals surface area contributed by atoms with E-state index < -0.39 is 11.9 Å². The number of aryl methyl sites for hydroxylation is 2. The zero-order chi connectivity index (χ0) is 18.2. The zero-order valence-corrected chi connectivity index (χ0v) is 14.1. The Labute approximate surface area is 144 Å². The molecule has 0 aliphatic heterocycles. The van der Waals surface area contributed by atoms with Gasteiger partial charge in [0, 0.05) is 13.2 Å². The molecule has 3 rings (SSSR count). The maximum Gasteiger partial charge on any atom is 0.435 e. The molecule has 0 aliphatic carbocycles. The molecule has 0 spiro atoms. The minimum atomic E-state index is -4.52. The Hall–Kier alpha value is -2.62. The zero-order valence-electron chi connectivity index (χ0n) is 13.3. The van der Waals surface area contributed by atoms with Crippen molar-refractivity contribution in [3.63, 3.8) is 0 Å². The average Bonchev–Trinajstić information content (AvgIpc) is 3.15. The van der Waals surface area contributed by atoms with Crippen molar-refractivity contribution in [1.82, 2.24) is 19.7 Å². The van der Waals surface area contributed by atoms with Gasteiger partial charge in [0.15, 0.2) is 18.4 Å². The summed E-state index contributed by atoms with van der Waals surface area (Å²) in [7, 11) is 1.41. The molecule has 25 heavy (non-hydrogen) atoms. The van der Waals surface area contributed by atoms with Crippen LogP contribution in [0.1, 0.15) is 17.0 Å². The van der Waals surface area contributed by atoms with Gasteiger partial charge in [-0.15, -0.1) is 0 Å². The van der Waals surface area contributed by atoms with Crippen molar-refractivity contribution < 1.29 is 17.9 Å². The third-order valence-electron chi connectivity index (χ3n) is 3.54. The largest absolute Gasteiger partial charge is 0.435 e. The standard InChI is InChI=1S/C15H13F3N5OS/c1-9-4-3-5-19-10(9)8-23(24)14-20-7-12(25-14)11-6-13(15(16,17)18)21-22(11)2/h3-7H,8H2,1-2H3/q+1. The highest BCUT2D eigenvalue weighted by atomic mass is 32.1. The first-order valence-corrected chi connectivity index (χ1v) is 8.00. The molecule has 3 heterocycles. The minimum Gasteiger partial charge on any atom is -0.266 e. The van der Waals surface area contributed by atoms with Crippen molar-refractivity contribution in [2.45, 2.75) is 19.6 Å². The van der Waals surface area contributed by atoms with E-state index in [9.17, 15) is 18.1 Å². The lowest BCUT2D eigenvalue weighted by Gasteiger charge is -1.99. The number of hydrogen-bond acceptors (Lipinski definition) is 5. The van der Waals surface area contributed by atoms with Gasteiger partial charge >= 0.3 is 11.3 Å². The maximum atomic E-state index is 12.8. The van der Waals surface area contributed by atoms with Crippen LogP contribution in [-0.2, 0) is 19.8 Å². The van der Waals surface area contributed by atoms with Gasteiger partial charge in [0.1, 0.15) is 4.88 Å². The number of alkyl halides is 3. The molecule has 3 aromatic rings. The van der Waals surface area contributed by atoms with E-state index in [-0.39, 0.29) is 17.4 Å². The minimum absolute atomic E-state index is 0.0127. The lowest BCUT2D eigenvalue weighted by atomic mass is 10.2. The maximum absolute atomic E-state index is 12.8. The van der Waals surface area contributed by atoms with E-state index in [0.29, 0.717) is 15.3 Å². The van der Waals surface area contributed by atoms with Crippen LogP contribution in [-0.4, -0.2) is 24.5 Å². The van der Waals surface area contributed by atoms with E-state index in [1.54, 1.807) is 12.3 Å². The monoisotopic (exact) mass is 368 g/mol. The van der Waals surface area contributed by atoms with Gasteiger partial charge in [-0.3, -0.25) is 9.67 Å². The van der Waals surface area contributed by atoms with E-state index >= 15 is 0 Å². The predicted molar refractivity (Wildman–Crippen MR) is 85.3 cm³/mol. The summed E-state index contributed by atoms with van der Waals surface area (Å²) in [6.45, 7) is 1.86. The van der Waals surface area contributed by atoms with Crippen LogP contribution in [0.3, 0.4) is 0 Å². The molecule has 10 heteroatoms. The Bertz CT molecular complexity index is 931. The van der Waals surface area contributed by atoms with Crippen LogP contribution >= 0.6 is 11.3 Å². The summed E-state index contributed by atoms with van der Waals surface area (Å²) in [6.07, 6.45) is -1.56.